The van der Waals surface area contributed by atoms with E-state index in [4.69, 9.17) is 9.84 Å². The average Bonchev–Trinajstić information content (AvgIpc) is 3.10. The van der Waals surface area contributed by atoms with E-state index in [2.05, 4.69) is 27.3 Å². The second kappa shape index (κ2) is 7.50. The molecular formula is C18H12FN3O5S. The zero-order chi connectivity index (χ0) is 20.3. The number of nitrogens with zero attached hydrogens (tertiary/aromatic N) is 2. The van der Waals surface area contributed by atoms with Crippen molar-refractivity contribution in [1.29, 1.82) is 0 Å². The predicted molar refractivity (Wildman–Crippen MR) is 95.3 cm³/mol. The van der Waals surface area contributed by atoms with Crippen molar-refractivity contribution in [2.75, 3.05) is 6.26 Å². The Balaban J connectivity index is 1.86. The fraction of sp³-hybridized carbons (Fsp3) is 0.0556. The highest BCUT2D eigenvalue weighted by Crippen LogP contribution is 2.23. The molecule has 0 unspecified atom stereocenters. The van der Waals surface area contributed by atoms with Crippen molar-refractivity contribution in [3.8, 4) is 23.5 Å². The lowest BCUT2D eigenvalue weighted by atomic mass is 10.1. The normalized spacial score (nSPS) is 10.8. The lowest BCUT2D eigenvalue weighted by Gasteiger charge is -2.04. The number of aromatic carboxylic acids is 1. The van der Waals surface area contributed by atoms with E-state index in [1.54, 1.807) is 0 Å². The summed E-state index contributed by atoms with van der Waals surface area (Å²) < 4.78 is 42.3. The summed E-state index contributed by atoms with van der Waals surface area (Å²) in [6.07, 6.45) is 1.10. The monoisotopic (exact) mass is 401 g/mol. The van der Waals surface area contributed by atoms with Crippen LogP contribution in [0.5, 0.6) is 11.6 Å². The fourth-order valence-corrected chi connectivity index (χ4v) is 2.77. The van der Waals surface area contributed by atoms with Crippen molar-refractivity contribution in [2.24, 2.45) is 0 Å². The van der Waals surface area contributed by atoms with Crippen LogP contribution in [0.25, 0.3) is 0 Å². The zero-order valence-electron chi connectivity index (χ0n) is 14.3. The van der Waals surface area contributed by atoms with Gasteiger partial charge in [-0.25, -0.2) is 22.7 Å². The Morgan fingerprint density at radius 1 is 1.18 bits per heavy atom. The molecule has 0 atom stereocenters. The summed E-state index contributed by atoms with van der Waals surface area (Å²) in [7, 11) is -3.31. The first-order chi connectivity index (χ1) is 13.2. The first-order valence-electron chi connectivity index (χ1n) is 7.68. The molecule has 0 aliphatic carbocycles. The van der Waals surface area contributed by atoms with Crippen LogP contribution in [-0.4, -0.2) is 41.2 Å². The van der Waals surface area contributed by atoms with E-state index in [0.717, 1.165) is 12.3 Å². The third-order valence-corrected chi connectivity index (χ3v) is 4.63. The van der Waals surface area contributed by atoms with Crippen LogP contribution in [0.1, 0.15) is 21.6 Å². The molecule has 3 aromatic rings. The second-order valence-corrected chi connectivity index (χ2v) is 7.60. The maximum absolute atomic E-state index is 14.0. The average molecular weight is 401 g/mol. The molecule has 2 N–H and O–H groups in total. The molecule has 2 aromatic carbocycles. The summed E-state index contributed by atoms with van der Waals surface area (Å²) in [4.78, 5) is 11.2. The van der Waals surface area contributed by atoms with Gasteiger partial charge in [0, 0.05) is 11.8 Å². The fourth-order valence-electron chi connectivity index (χ4n) is 2.14. The molecule has 0 amide bonds. The highest BCUT2D eigenvalue weighted by Gasteiger charge is 2.17. The van der Waals surface area contributed by atoms with Crippen LogP contribution in [0.3, 0.4) is 0 Å². The summed E-state index contributed by atoms with van der Waals surface area (Å²) in [5.41, 5.74) is 0.0843. The van der Waals surface area contributed by atoms with Gasteiger partial charge in [-0.15, -0.1) is 5.10 Å². The molecule has 0 saturated heterocycles. The topological polar surface area (TPSA) is 122 Å². The molecule has 0 spiro atoms. The van der Waals surface area contributed by atoms with Crippen molar-refractivity contribution >= 4 is 15.8 Å². The number of carbonyl (C=O) groups is 1. The summed E-state index contributed by atoms with van der Waals surface area (Å²) >= 11 is 0. The molecule has 8 nitrogen and oxygen atoms in total. The quantitative estimate of drug-likeness (QED) is 0.643. The summed E-state index contributed by atoms with van der Waals surface area (Å²) in [6, 6.07) is 9.56. The first kappa shape index (κ1) is 19.1. The van der Waals surface area contributed by atoms with Crippen molar-refractivity contribution in [1.82, 2.24) is 15.4 Å². The number of halogens is 1. The van der Waals surface area contributed by atoms with E-state index in [-0.39, 0.29) is 22.1 Å². The van der Waals surface area contributed by atoms with Gasteiger partial charge in [-0.2, -0.15) is 0 Å². The molecular weight excluding hydrogens is 389 g/mol. The van der Waals surface area contributed by atoms with Crippen LogP contribution >= 0.6 is 0 Å². The minimum absolute atomic E-state index is 0.00837. The molecule has 0 fully saturated rings. The van der Waals surface area contributed by atoms with E-state index < -0.39 is 27.3 Å². The lowest BCUT2D eigenvalue weighted by Crippen LogP contribution is -2.00. The van der Waals surface area contributed by atoms with Crippen LogP contribution < -0.4 is 4.74 Å². The molecule has 0 bridgehead atoms. The predicted octanol–water partition coefficient (Wildman–Crippen LogP) is 2.24. The van der Waals surface area contributed by atoms with E-state index in [9.17, 15) is 17.6 Å². The Morgan fingerprint density at radius 3 is 2.54 bits per heavy atom. The first-order valence-corrected chi connectivity index (χ1v) is 9.57. The zero-order valence-corrected chi connectivity index (χ0v) is 15.1. The number of rotatable bonds is 4. The molecule has 0 radical (unpaired) electrons. The number of sulfone groups is 1. The van der Waals surface area contributed by atoms with Crippen LogP contribution in [0.2, 0.25) is 0 Å². The minimum Gasteiger partial charge on any atom is -0.476 e. The van der Waals surface area contributed by atoms with Crippen molar-refractivity contribution < 1.29 is 27.4 Å². The standard InChI is InChI=1S/C18H12FN3O5S/c1-28(25,26)14-7-3-11(4-8-14)2-5-12-10-13(6-9-15(12)19)27-17-16(18(23)24)20-22-21-17/h3-4,6-10H,1H3,(H,23,24)(H,20,21,22). The molecule has 3 rings (SSSR count). The molecule has 142 valence electrons. The smallest absolute Gasteiger partial charge is 0.362 e. The van der Waals surface area contributed by atoms with Gasteiger partial charge < -0.3 is 9.84 Å². The molecule has 0 aliphatic rings. The van der Waals surface area contributed by atoms with Crippen LogP contribution in [0, 0.1) is 17.7 Å². The van der Waals surface area contributed by atoms with Crippen LogP contribution in [0.15, 0.2) is 47.4 Å². The lowest BCUT2D eigenvalue weighted by molar-refractivity contribution is 0.0687. The number of ether oxygens (including phenoxy) is 1. The third-order valence-electron chi connectivity index (χ3n) is 3.50. The number of hydrogen-bond donors (Lipinski definition) is 2. The van der Waals surface area contributed by atoms with E-state index in [1.165, 1.54) is 36.4 Å². The van der Waals surface area contributed by atoms with Crippen LogP contribution in [0.4, 0.5) is 4.39 Å². The largest absolute Gasteiger partial charge is 0.476 e. The number of hydrogen-bond acceptors (Lipinski definition) is 6. The van der Waals surface area contributed by atoms with Gasteiger partial charge in [0.1, 0.15) is 11.6 Å². The van der Waals surface area contributed by atoms with Crippen molar-refractivity contribution in [3.05, 3.63) is 65.1 Å². The minimum atomic E-state index is -3.31. The van der Waals surface area contributed by atoms with Gasteiger partial charge >= 0.3 is 5.97 Å². The second-order valence-electron chi connectivity index (χ2n) is 5.58. The molecule has 0 aliphatic heterocycles. The van der Waals surface area contributed by atoms with E-state index in [1.807, 2.05) is 0 Å². The van der Waals surface area contributed by atoms with Gasteiger partial charge in [-0.3, -0.25) is 0 Å². The summed E-state index contributed by atoms with van der Waals surface area (Å²) in [6.45, 7) is 0. The third kappa shape index (κ3) is 4.33. The number of carboxylic acid groups (broad SMARTS) is 1. The Bertz CT molecular complexity index is 1210. The summed E-state index contributed by atoms with van der Waals surface area (Å²) in [5, 5.41) is 18.0. The van der Waals surface area contributed by atoms with Gasteiger partial charge in [-0.1, -0.05) is 17.1 Å². The molecule has 0 saturated carbocycles. The van der Waals surface area contributed by atoms with Gasteiger partial charge in [0.05, 0.1) is 10.5 Å². The Kier molecular flexibility index (Phi) is 5.10. The van der Waals surface area contributed by atoms with Gasteiger partial charge in [0.25, 0.3) is 5.88 Å². The molecule has 10 heteroatoms. The highest BCUT2D eigenvalue weighted by atomic mass is 32.2. The molecule has 1 aromatic heterocycles. The van der Waals surface area contributed by atoms with Crippen molar-refractivity contribution in [3.63, 3.8) is 0 Å². The number of H-pyrrole nitrogens is 1. The van der Waals surface area contributed by atoms with Gasteiger partial charge in [0.15, 0.2) is 9.84 Å². The Hall–Kier alpha value is -3.71. The number of carboxylic acids is 1. The molecule has 1 heterocycles. The van der Waals surface area contributed by atoms with Crippen LogP contribution in [-0.2, 0) is 9.84 Å². The highest BCUT2D eigenvalue weighted by molar-refractivity contribution is 7.90. The SMILES string of the molecule is CS(=O)(=O)c1ccc(C#Cc2cc(Oc3[nH]nnc3C(=O)O)ccc2F)cc1. The van der Waals surface area contributed by atoms with Gasteiger partial charge in [0.2, 0.25) is 5.69 Å². The maximum Gasteiger partial charge on any atom is 0.362 e. The Labute approximate surface area is 158 Å². The number of aromatic nitrogens is 3. The number of aromatic amines is 1. The van der Waals surface area contributed by atoms with E-state index >= 15 is 0 Å². The molecule has 28 heavy (non-hydrogen) atoms. The maximum atomic E-state index is 14.0. The number of benzene rings is 2. The Morgan fingerprint density at radius 2 is 1.89 bits per heavy atom. The number of nitrogens with one attached hydrogen (secondary N) is 1. The van der Waals surface area contributed by atoms with Crippen molar-refractivity contribution in [2.45, 2.75) is 4.90 Å². The summed E-state index contributed by atoms with van der Waals surface area (Å²) in [5.74, 6) is 3.36. The van der Waals surface area contributed by atoms with Gasteiger partial charge in [-0.05, 0) is 42.5 Å². The van der Waals surface area contributed by atoms with E-state index in [0.29, 0.717) is 5.56 Å².